The van der Waals surface area contributed by atoms with Gasteiger partial charge in [-0.3, -0.25) is 0 Å². The molecule has 0 radical (unpaired) electrons. The van der Waals surface area contributed by atoms with Crippen LogP contribution in [-0.4, -0.2) is 23.4 Å². The zero-order chi connectivity index (χ0) is 10.8. The first kappa shape index (κ1) is 13.9. The maximum atomic E-state index is 8.94. The SMILES string of the molecule is CCC(CCO)C(CC)CCCCO. The highest BCUT2D eigenvalue weighted by molar-refractivity contribution is 4.68. The van der Waals surface area contributed by atoms with Crippen molar-refractivity contribution >= 4 is 0 Å². The van der Waals surface area contributed by atoms with Gasteiger partial charge >= 0.3 is 0 Å². The zero-order valence-corrected chi connectivity index (χ0v) is 9.71. The quantitative estimate of drug-likeness (QED) is 0.564. The molecule has 0 fully saturated rings. The third-order valence-electron chi connectivity index (χ3n) is 3.20. The highest BCUT2D eigenvalue weighted by Gasteiger charge is 2.17. The maximum absolute atomic E-state index is 8.94. The molecule has 0 rings (SSSR count). The van der Waals surface area contributed by atoms with E-state index in [0.29, 0.717) is 19.1 Å². The molecule has 0 aliphatic heterocycles. The van der Waals surface area contributed by atoms with Gasteiger partial charge in [0.25, 0.3) is 0 Å². The van der Waals surface area contributed by atoms with Crippen molar-refractivity contribution < 1.29 is 10.2 Å². The standard InChI is InChI=1S/C12H26O2/c1-3-11(7-5-6-9-13)12(4-2)8-10-14/h11-14H,3-10H2,1-2H3. The largest absolute Gasteiger partial charge is 0.396 e. The van der Waals surface area contributed by atoms with Gasteiger partial charge in [-0.25, -0.2) is 0 Å². The second-order valence-corrected chi connectivity index (χ2v) is 4.07. The van der Waals surface area contributed by atoms with E-state index in [1.54, 1.807) is 0 Å². The van der Waals surface area contributed by atoms with E-state index in [4.69, 9.17) is 10.2 Å². The molecule has 0 spiro atoms. The van der Waals surface area contributed by atoms with Gasteiger partial charge in [-0.2, -0.15) is 0 Å². The molecule has 86 valence electrons. The van der Waals surface area contributed by atoms with Crippen LogP contribution < -0.4 is 0 Å². The number of unbranched alkanes of at least 4 members (excludes halogenated alkanes) is 1. The predicted molar refractivity (Wildman–Crippen MR) is 60.2 cm³/mol. The van der Waals surface area contributed by atoms with Crippen LogP contribution in [-0.2, 0) is 0 Å². The van der Waals surface area contributed by atoms with E-state index in [0.717, 1.165) is 31.6 Å². The molecule has 2 N–H and O–H groups in total. The van der Waals surface area contributed by atoms with Crippen LogP contribution in [0.25, 0.3) is 0 Å². The van der Waals surface area contributed by atoms with Crippen LogP contribution >= 0.6 is 0 Å². The van der Waals surface area contributed by atoms with Crippen molar-refractivity contribution in [2.24, 2.45) is 11.8 Å². The van der Waals surface area contributed by atoms with E-state index < -0.39 is 0 Å². The fourth-order valence-corrected chi connectivity index (χ4v) is 2.23. The molecule has 0 aromatic heterocycles. The Bertz CT molecular complexity index is 115. The van der Waals surface area contributed by atoms with Gasteiger partial charge in [-0.15, -0.1) is 0 Å². The monoisotopic (exact) mass is 202 g/mol. The second kappa shape index (κ2) is 9.47. The number of rotatable bonds is 9. The summed E-state index contributed by atoms with van der Waals surface area (Å²) in [7, 11) is 0. The number of aliphatic hydroxyl groups excluding tert-OH is 2. The predicted octanol–water partition coefficient (Wildman–Crippen LogP) is 2.58. The zero-order valence-electron chi connectivity index (χ0n) is 9.71. The minimum atomic E-state index is 0.313. The van der Waals surface area contributed by atoms with Crippen molar-refractivity contribution in [2.45, 2.75) is 52.4 Å². The lowest BCUT2D eigenvalue weighted by atomic mass is 9.82. The normalized spacial score (nSPS) is 15.4. The summed E-state index contributed by atoms with van der Waals surface area (Å²) in [6, 6.07) is 0. The summed E-state index contributed by atoms with van der Waals surface area (Å²) in [6.07, 6.45) is 6.55. The Morgan fingerprint density at radius 2 is 1.36 bits per heavy atom. The molecule has 2 atom stereocenters. The van der Waals surface area contributed by atoms with E-state index in [1.807, 2.05) is 0 Å². The van der Waals surface area contributed by atoms with Crippen molar-refractivity contribution in [1.29, 1.82) is 0 Å². The van der Waals surface area contributed by atoms with E-state index in [2.05, 4.69) is 13.8 Å². The molecule has 0 aliphatic carbocycles. The molecule has 0 amide bonds. The summed E-state index contributed by atoms with van der Waals surface area (Å²) in [5.74, 6) is 1.40. The Labute approximate surface area is 88.3 Å². The summed E-state index contributed by atoms with van der Waals surface area (Å²) < 4.78 is 0. The number of hydrogen-bond acceptors (Lipinski definition) is 2. The van der Waals surface area contributed by atoms with Crippen LogP contribution in [0.5, 0.6) is 0 Å². The van der Waals surface area contributed by atoms with E-state index in [1.165, 1.54) is 12.8 Å². The average molecular weight is 202 g/mol. The molecule has 2 heteroatoms. The van der Waals surface area contributed by atoms with Gasteiger partial charge < -0.3 is 10.2 Å². The Morgan fingerprint density at radius 1 is 0.786 bits per heavy atom. The lowest BCUT2D eigenvalue weighted by Crippen LogP contribution is -2.15. The average Bonchev–Trinajstić information content (AvgIpc) is 2.22. The van der Waals surface area contributed by atoms with Gasteiger partial charge in [0.2, 0.25) is 0 Å². The molecule has 0 saturated carbocycles. The topological polar surface area (TPSA) is 40.5 Å². The van der Waals surface area contributed by atoms with Crippen molar-refractivity contribution in [3.05, 3.63) is 0 Å². The lowest BCUT2D eigenvalue weighted by Gasteiger charge is -2.24. The summed E-state index contributed by atoms with van der Waals surface area (Å²) in [4.78, 5) is 0. The third kappa shape index (κ3) is 5.61. The first-order valence-electron chi connectivity index (χ1n) is 6.01. The molecule has 0 aromatic carbocycles. The van der Waals surface area contributed by atoms with Crippen LogP contribution in [0.1, 0.15) is 52.4 Å². The second-order valence-electron chi connectivity index (χ2n) is 4.07. The smallest absolute Gasteiger partial charge is 0.0433 e. The Hall–Kier alpha value is -0.0800. The van der Waals surface area contributed by atoms with Crippen LogP contribution in [0.15, 0.2) is 0 Å². The van der Waals surface area contributed by atoms with Gasteiger partial charge in [0.05, 0.1) is 0 Å². The van der Waals surface area contributed by atoms with Crippen LogP contribution in [0, 0.1) is 11.8 Å². The summed E-state index contributed by atoms with van der Waals surface area (Å²) in [6.45, 7) is 5.06. The highest BCUT2D eigenvalue weighted by atomic mass is 16.3. The maximum Gasteiger partial charge on any atom is 0.0433 e. The van der Waals surface area contributed by atoms with Crippen LogP contribution in [0.3, 0.4) is 0 Å². The molecular weight excluding hydrogens is 176 g/mol. The summed E-state index contributed by atoms with van der Waals surface area (Å²) in [5.41, 5.74) is 0. The summed E-state index contributed by atoms with van der Waals surface area (Å²) >= 11 is 0. The lowest BCUT2D eigenvalue weighted by molar-refractivity contribution is 0.197. The molecule has 0 aliphatic rings. The molecule has 0 aromatic rings. The minimum absolute atomic E-state index is 0.313. The van der Waals surface area contributed by atoms with Gasteiger partial charge in [-0.05, 0) is 24.7 Å². The van der Waals surface area contributed by atoms with Gasteiger partial charge in [0, 0.05) is 13.2 Å². The van der Waals surface area contributed by atoms with Crippen molar-refractivity contribution in [3.8, 4) is 0 Å². The first-order valence-corrected chi connectivity index (χ1v) is 6.01. The van der Waals surface area contributed by atoms with E-state index in [-0.39, 0.29) is 0 Å². The van der Waals surface area contributed by atoms with Crippen LogP contribution in [0.4, 0.5) is 0 Å². The molecule has 0 bridgehead atoms. The molecular formula is C12H26O2. The Balaban J connectivity index is 3.81. The fourth-order valence-electron chi connectivity index (χ4n) is 2.23. The fraction of sp³-hybridized carbons (Fsp3) is 1.00. The van der Waals surface area contributed by atoms with Gasteiger partial charge in [-0.1, -0.05) is 39.5 Å². The van der Waals surface area contributed by atoms with Crippen LogP contribution in [0.2, 0.25) is 0 Å². The Kier molecular flexibility index (Phi) is 9.42. The van der Waals surface area contributed by atoms with Gasteiger partial charge in [0.15, 0.2) is 0 Å². The van der Waals surface area contributed by atoms with Crippen molar-refractivity contribution in [3.63, 3.8) is 0 Å². The van der Waals surface area contributed by atoms with Gasteiger partial charge in [0.1, 0.15) is 0 Å². The molecule has 0 saturated heterocycles. The molecule has 2 unspecified atom stereocenters. The third-order valence-corrected chi connectivity index (χ3v) is 3.20. The minimum Gasteiger partial charge on any atom is -0.396 e. The number of hydrogen-bond donors (Lipinski definition) is 2. The molecule has 2 nitrogen and oxygen atoms in total. The number of aliphatic hydroxyl groups is 2. The van der Waals surface area contributed by atoms with E-state index in [9.17, 15) is 0 Å². The first-order chi connectivity index (χ1) is 6.79. The van der Waals surface area contributed by atoms with E-state index >= 15 is 0 Å². The Morgan fingerprint density at radius 3 is 1.79 bits per heavy atom. The van der Waals surface area contributed by atoms with Crippen molar-refractivity contribution in [2.75, 3.05) is 13.2 Å². The summed E-state index contributed by atoms with van der Waals surface area (Å²) in [5, 5.41) is 17.7. The molecule has 0 heterocycles. The van der Waals surface area contributed by atoms with Crippen molar-refractivity contribution in [1.82, 2.24) is 0 Å². The highest BCUT2D eigenvalue weighted by Crippen LogP contribution is 2.27. The molecule has 14 heavy (non-hydrogen) atoms.